The Morgan fingerprint density at radius 1 is 1.42 bits per heavy atom. The number of carbonyl (C=O) groups excluding carboxylic acids is 1. The van der Waals surface area contributed by atoms with Crippen LogP contribution in [0.25, 0.3) is 0 Å². The number of benzene rings is 1. The number of amides is 1. The van der Waals surface area contributed by atoms with Gasteiger partial charge in [0, 0.05) is 49.2 Å². The van der Waals surface area contributed by atoms with Crippen LogP contribution in [0.4, 0.5) is 0 Å². The highest BCUT2D eigenvalue weighted by atomic mass is 35.5. The Labute approximate surface area is 152 Å². The number of likely N-dealkylation sites (tertiary alicyclic amines) is 1. The second-order valence-electron chi connectivity index (χ2n) is 6.16. The van der Waals surface area contributed by atoms with Gasteiger partial charge in [0.2, 0.25) is 5.91 Å². The van der Waals surface area contributed by atoms with E-state index in [1.165, 1.54) is 0 Å². The van der Waals surface area contributed by atoms with Crippen LogP contribution in [-0.4, -0.2) is 39.2 Å². The van der Waals surface area contributed by atoms with E-state index in [0.29, 0.717) is 11.7 Å². The molecule has 2 heterocycles. The van der Waals surface area contributed by atoms with Crippen LogP contribution in [0.1, 0.15) is 30.1 Å². The van der Waals surface area contributed by atoms with Crippen molar-refractivity contribution in [2.75, 3.05) is 18.8 Å². The summed E-state index contributed by atoms with van der Waals surface area (Å²) in [6.07, 6.45) is 5.94. The van der Waals surface area contributed by atoms with Crippen molar-refractivity contribution in [1.82, 2.24) is 14.5 Å². The second-order valence-corrected chi connectivity index (χ2v) is 7.55. The predicted octanol–water partition coefficient (Wildman–Crippen LogP) is 3.71. The van der Waals surface area contributed by atoms with E-state index in [-0.39, 0.29) is 5.91 Å². The molecule has 1 aromatic carbocycles. The first-order valence-corrected chi connectivity index (χ1v) is 9.74. The lowest BCUT2D eigenvalue weighted by Gasteiger charge is -2.32. The van der Waals surface area contributed by atoms with Gasteiger partial charge in [-0.15, -0.1) is 11.8 Å². The summed E-state index contributed by atoms with van der Waals surface area (Å²) < 4.78 is 2.06. The summed E-state index contributed by atoms with van der Waals surface area (Å²) >= 11 is 7.79. The van der Waals surface area contributed by atoms with E-state index >= 15 is 0 Å². The van der Waals surface area contributed by atoms with Gasteiger partial charge in [0.1, 0.15) is 5.82 Å². The number of hydrogen-bond acceptors (Lipinski definition) is 3. The molecule has 0 radical (unpaired) electrons. The van der Waals surface area contributed by atoms with Gasteiger partial charge in [-0.1, -0.05) is 29.8 Å². The fourth-order valence-corrected chi connectivity index (χ4v) is 4.35. The number of halogens is 1. The molecule has 128 valence electrons. The third kappa shape index (κ3) is 4.14. The summed E-state index contributed by atoms with van der Waals surface area (Å²) in [5.41, 5.74) is 1.08. The Hall–Kier alpha value is -1.46. The average molecular weight is 364 g/mol. The van der Waals surface area contributed by atoms with Crippen LogP contribution in [-0.2, 0) is 17.6 Å². The molecular formula is C18H22ClN3OS. The number of piperidine rings is 1. The van der Waals surface area contributed by atoms with Gasteiger partial charge in [-0.05, 0) is 24.5 Å². The maximum Gasteiger partial charge on any atom is 0.232 e. The molecule has 24 heavy (non-hydrogen) atoms. The highest BCUT2D eigenvalue weighted by molar-refractivity contribution is 7.99. The number of nitrogens with zero attached hydrogens (tertiary/aromatic N) is 3. The maximum absolute atomic E-state index is 12.5. The van der Waals surface area contributed by atoms with E-state index in [4.69, 9.17) is 11.6 Å². The molecule has 6 heteroatoms. The fraction of sp³-hybridized carbons (Fsp3) is 0.444. The summed E-state index contributed by atoms with van der Waals surface area (Å²) in [7, 11) is 2.02. The summed E-state index contributed by atoms with van der Waals surface area (Å²) in [5.74, 6) is 2.90. The topological polar surface area (TPSA) is 38.1 Å². The molecule has 0 saturated carbocycles. The third-order valence-electron chi connectivity index (χ3n) is 4.44. The standard InChI is InChI=1S/C18H22ClN3OS/c1-21-10-8-20-18(21)14-6-4-9-22(11-14)17(23)13-24-12-15-5-2-3-7-16(15)19/h2-3,5,7-8,10,14H,4,6,9,11-13H2,1H3. The van der Waals surface area contributed by atoms with E-state index in [9.17, 15) is 4.79 Å². The normalized spacial score (nSPS) is 17.9. The van der Waals surface area contributed by atoms with E-state index in [1.807, 2.05) is 48.6 Å². The van der Waals surface area contributed by atoms with Crippen molar-refractivity contribution in [3.63, 3.8) is 0 Å². The number of aromatic nitrogens is 2. The van der Waals surface area contributed by atoms with Gasteiger partial charge in [-0.25, -0.2) is 4.98 Å². The number of hydrogen-bond donors (Lipinski definition) is 0. The lowest BCUT2D eigenvalue weighted by Crippen LogP contribution is -2.40. The Kier molecular flexibility index (Phi) is 5.85. The number of imidazole rings is 1. The molecule has 2 aromatic rings. The first-order chi connectivity index (χ1) is 11.6. The van der Waals surface area contributed by atoms with Crippen molar-refractivity contribution in [2.24, 2.45) is 7.05 Å². The molecule has 0 N–H and O–H groups in total. The zero-order valence-corrected chi connectivity index (χ0v) is 15.4. The van der Waals surface area contributed by atoms with Crippen molar-refractivity contribution >= 4 is 29.3 Å². The first kappa shape index (κ1) is 17.4. The molecule has 4 nitrogen and oxygen atoms in total. The zero-order valence-electron chi connectivity index (χ0n) is 13.8. The minimum Gasteiger partial charge on any atom is -0.341 e. The number of rotatable bonds is 5. The lowest BCUT2D eigenvalue weighted by molar-refractivity contribution is -0.129. The van der Waals surface area contributed by atoms with Crippen LogP contribution in [0.3, 0.4) is 0 Å². The Morgan fingerprint density at radius 3 is 3.00 bits per heavy atom. The van der Waals surface area contributed by atoms with Gasteiger partial charge >= 0.3 is 0 Å². The summed E-state index contributed by atoms with van der Waals surface area (Å²) in [4.78, 5) is 19.0. The van der Waals surface area contributed by atoms with Crippen LogP contribution in [0, 0.1) is 0 Å². The number of aryl methyl sites for hydroxylation is 1. The van der Waals surface area contributed by atoms with Gasteiger partial charge in [0.25, 0.3) is 0 Å². The van der Waals surface area contributed by atoms with Crippen molar-refractivity contribution in [1.29, 1.82) is 0 Å². The Bertz CT molecular complexity index is 703. The van der Waals surface area contributed by atoms with E-state index in [1.54, 1.807) is 11.8 Å². The van der Waals surface area contributed by atoms with Crippen molar-refractivity contribution < 1.29 is 4.79 Å². The largest absolute Gasteiger partial charge is 0.341 e. The quantitative estimate of drug-likeness (QED) is 0.812. The molecule has 3 rings (SSSR count). The van der Waals surface area contributed by atoms with Gasteiger partial charge in [0.05, 0.1) is 5.75 Å². The average Bonchev–Trinajstić information content (AvgIpc) is 3.03. The highest BCUT2D eigenvalue weighted by Gasteiger charge is 2.26. The van der Waals surface area contributed by atoms with Gasteiger partial charge in [-0.2, -0.15) is 0 Å². The maximum atomic E-state index is 12.5. The summed E-state index contributed by atoms with van der Waals surface area (Å²) in [5, 5.41) is 0.769. The molecule has 0 spiro atoms. The highest BCUT2D eigenvalue weighted by Crippen LogP contribution is 2.26. The minimum atomic E-state index is 0.214. The van der Waals surface area contributed by atoms with Crippen LogP contribution in [0.15, 0.2) is 36.7 Å². The Morgan fingerprint density at radius 2 is 2.25 bits per heavy atom. The van der Waals surface area contributed by atoms with Crippen LogP contribution in [0.2, 0.25) is 5.02 Å². The lowest BCUT2D eigenvalue weighted by atomic mass is 9.97. The zero-order chi connectivity index (χ0) is 16.9. The molecule has 1 saturated heterocycles. The van der Waals surface area contributed by atoms with E-state index < -0.39 is 0 Å². The Balaban J connectivity index is 1.51. The molecule has 0 bridgehead atoms. The molecule has 0 aliphatic carbocycles. The molecule has 1 atom stereocenters. The smallest absolute Gasteiger partial charge is 0.232 e. The number of carbonyl (C=O) groups is 1. The second kappa shape index (κ2) is 8.08. The first-order valence-electron chi connectivity index (χ1n) is 8.21. The van der Waals surface area contributed by atoms with E-state index in [2.05, 4.69) is 9.55 Å². The summed E-state index contributed by atoms with van der Waals surface area (Å²) in [6.45, 7) is 1.63. The van der Waals surface area contributed by atoms with Crippen molar-refractivity contribution in [3.05, 3.63) is 53.1 Å². The molecule has 1 aromatic heterocycles. The monoisotopic (exact) mass is 363 g/mol. The predicted molar refractivity (Wildman–Crippen MR) is 99.4 cm³/mol. The fourth-order valence-electron chi connectivity index (χ4n) is 3.14. The molecule has 1 fully saturated rings. The van der Waals surface area contributed by atoms with Gasteiger partial charge < -0.3 is 9.47 Å². The molecule has 1 aliphatic heterocycles. The molecular weight excluding hydrogens is 342 g/mol. The molecule has 1 unspecified atom stereocenters. The van der Waals surface area contributed by atoms with Crippen LogP contribution in [0.5, 0.6) is 0 Å². The van der Waals surface area contributed by atoms with Crippen LogP contribution >= 0.6 is 23.4 Å². The van der Waals surface area contributed by atoms with Crippen molar-refractivity contribution in [3.8, 4) is 0 Å². The SMILES string of the molecule is Cn1ccnc1C1CCCN(C(=O)CSCc2ccccc2Cl)C1. The molecule has 1 aliphatic rings. The minimum absolute atomic E-state index is 0.214. The number of thioether (sulfide) groups is 1. The molecule has 1 amide bonds. The van der Waals surface area contributed by atoms with E-state index in [0.717, 1.165) is 48.1 Å². The van der Waals surface area contributed by atoms with Gasteiger partial charge in [0.15, 0.2) is 0 Å². The van der Waals surface area contributed by atoms with Gasteiger partial charge in [-0.3, -0.25) is 4.79 Å². The third-order valence-corrected chi connectivity index (χ3v) is 5.77. The van der Waals surface area contributed by atoms with Crippen molar-refractivity contribution in [2.45, 2.75) is 24.5 Å². The van der Waals surface area contributed by atoms with Crippen LogP contribution < -0.4 is 0 Å². The summed E-state index contributed by atoms with van der Waals surface area (Å²) in [6, 6.07) is 7.80.